The highest BCUT2D eigenvalue weighted by molar-refractivity contribution is 7.16. The summed E-state index contributed by atoms with van der Waals surface area (Å²) < 4.78 is 2.60. The molecule has 0 aliphatic carbocycles. The minimum absolute atomic E-state index is 0.522. The van der Waals surface area contributed by atoms with Crippen molar-refractivity contribution in [3.05, 3.63) is 38.8 Å². The second-order valence-electron chi connectivity index (χ2n) is 3.95. The lowest BCUT2D eigenvalue weighted by atomic mass is 10.1. The first-order valence-electron chi connectivity index (χ1n) is 5.56. The van der Waals surface area contributed by atoms with Crippen molar-refractivity contribution >= 4 is 22.9 Å². The first kappa shape index (κ1) is 12.6. The lowest BCUT2D eigenvalue weighted by Crippen LogP contribution is -2.09. The third-order valence-electron chi connectivity index (χ3n) is 2.60. The average Bonchev–Trinajstić information content (AvgIpc) is 2.84. The number of aryl methyl sites for hydroxylation is 2. The predicted molar refractivity (Wildman–Crippen MR) is 70.6 cm³/mol. The standard InChI is InChI=1S/C12H15ClN2OS/c1-3-15-10(6-8(2)14-15)11(16)7-9-4-5-12(13)17-9/h4-6,11,16H,3,7H2,1-2H3. The van der Waals surface area contributed by atoms with E-state index in [2.05, 4.69) is 5.10 Å². The second kappa shape index (κ2) is 5.21. The number of thiophene rings is 1. The van der Waals surface area contributed by atoms with Gasteiger partial charge < -0.3 is 5.11 Å². The van der Waals surface area contributed by atoms with Gasteiger partial charge in [-0.15, -0.1) is 11.3 Å². The molecule has 2 aromatic rings. The summed E-state index contributed by atoms with van der Waals surface area (Å²) in [6, 6.07) is 5.75. The summed E-state index contributed by atoms with van der Waals surface area (Å²) in [6.07, 6.45) is 0.0635. The first-order valence-corrected chi connectivity index (χ1v) is 6.76. The molecule has 2 heterocycles. The van der Waals surface area contributed by atoms with Crippen LogP contribution in [0.25, 0.3) is 0 Å². The zero-order valence-corrected chi connectivity index (χ0v) is 11.4. The Morgan fingerprint density at radius 3 is 2.88 bits per heavy atom. The van der Waals surface area contributed by atoms with E-state index in [1.54, 1.807) is 0 Å². The maximum atomic E-state index is 10.2. The first-order chi connectivity index (χ1) is 8.10. The number of hydrogen-bond acceptors (Lipinski definition) is 3. The van der Waals surface area contributed by atoms with Crippen LogP contribution in [-0.4, -0.2) is 14.9 Å². The van der Waals surface area contributed by atoms with Crippen LogP contribution in [0.5, 0.6) is 0 Å². The Morgan fingerprint density at radius 2 is 2.29 bits per heavy atom. The van der Waals surface area contributed by atoms with Crippen molar-refractivity contribution in [3.8, 4) is 0 Å². The Morgan fingerprint density at radius 1 is 1.53 bits per heavy atom. The molecule has 17 heavy (non-hydrogen) atoms. The molecule has 1 N–H and O–H groups in total. The molecule has 2 aromatic heterocycles. The highest BCUT2D eigenvalue weighted by Crippen LogP contribution is 2.26. The van der Waals surface area contributed by atoms with Gasteiger partial charge in [-0.25, -0.2) is 0 Å². The van der Waals surface area contributed by atoms with Gasteiger partial charge in [0.15, 0.2) is 0 Å². The van der Waals surface area contributed by atoms with Crippen LogP contribution in [-0.2, 0) is 13.0 Å². The van der Waals surface area contributed by atoms with Crippen LogP contribution in [0.2, 0.25) is 4.34 Å². The number of aliphatic hydroxyl groups excluding tert-OH is 1. The molecule has 1 unspecified atom stereocenters. The van der Waals surface area contributed by atoms with Crippen LogP contribution < -0.4 is 0 Å². The third-order valence-corrected chi connectivity index (χ3v) is 3.85. The maximum absolute atomic E-state index is 10.2. The minimum atomic E-state index is -0.522. The smallest absolute Gasteiger partial charge is 0.100 e. The molecule has 0 aliphatic heterocycles. The Bertz CT molecular complexity index is 506. The third kappa shape index (κ3) is 2.89. The fraction of sp³-hybridized carbons (Fsp3) is 0.417. The van der Waals surface area contributed by atoms with Gasteiger partial charge in [-0.2, -0.15) is 5.10 Å². The summed E-state index contributed by atoms with van der Waals surface area (Å²) in [4.78, 5) is 1.09. The summed E-state index contributed by atoms with van der Waals surface area (Å²) in [6.45, 7) is 4.72. The van der Waals surface area contributed by atoms with Gasteiger partial charge in [0.2, 0.25) is 0 Å². The number of rotatable bonds is 4. The fourth-order valence-corrected chi connectivity index (χ4v) is 2.97. The Balaban J connectivity index is 2.16. The van der Waals surface area contributed by atoms with Crippen molar-refractivity contribution in [1.82, 2.24) is 9.78 Å². The fourth-order valence-electron chi connectivity index (χ4n) is 1.84. The molecule has 1 atom stereocenters. The van der Waals surface area contributed by atoms with Gasteiger partial charge in [0, 0.05) is 17.8 Å². The molecule has 0 bridgehead atoms. The van der Waals surface area contributed by atoms with E-state index in [9.17, 15) is 5.11 Å². The van der Waals surface area contributed by atoms with Crippen LogP contribution in [0.3, 0.4) is 0 Å². The summed E-state index contributed by atoms with van der Waals surface area (Å²) >= 11 is 7.38. The van der Waals surface area contributed by atoms with Crippen molar-refractivity contribution in [1.29, 1.82) is 0 Å². The molecule has 2 rings (SSSR count). The minimum Gasteiger partial charge on any atom is -0.386 e. The molecular formula is C12H15ClN2OS. The number of halogens is 1. The zero-order valence-electron chi connectivity index (χ0n) is 9.85. The lowest BCUT2D eigenvalue weighted by Gasteiger charge is -2.11. The molecule has 0 amide bonds. The summed E-state index contributed by atoms with van der Waals surface area (Å²) in [5, 5.41) is 14.5. The predicted octanol–water partition coefficient (Wildman–Crippen LogP) is 3.20. The molecule has 3 nitrogen and oxygen atoms in total. The van der Waals surface area contributed by atoms with Crippen LogP contribution in [0.4, 0.5) is 0 Å². The van der Waals surface area contributed by atoms with E-state index in [0.717, 1.165) is 27.1 Å². The number of aromatic nitrogens is 2. The van der Waals surface area contributed by atoms with Gasteiger partial charge in [0.05, 0.1) is 15.7 Å². The van der Waals surface area contributed by atoms with Gasteiger partial charge in [-0.3, -0.25) is 4.68 Å². The van der Waals surface area contributed by atoms with Crippen LogP contribution >= 0.6 is 22.9 Å². The van der Waals surface area contributed by atoms with Crippen LogP contribution in [0.15, 0.2) is 18.2 Å². The van der Waals surface area contributed by atoms with E-state index in [4.69, 9.17) is 11.6 Å². The van der Waals surface area contributed by atoms with Gasteiger partial charge in [0.1, 0.15) is 6.10 Å². The monoisotopic (exact) mass is 270 g/mol. The largest absolute Gasteiger partial charge is 0.386 e. The molecule has 0 spiro atoms. The normalized spacial score (nSPS) is 12.9. The van der Waals surface area contributed by atoms with E-state index >= 15 is 0 Å². The molecule has 92 valence electrons. The van der Waals surface area contributed by atoms with Gasteiger partial charge in [0.25, 0.3) is 0 Å². The Labute approximate surface area is 110 Å². The van der Waals surface area contributed by atoms with Crippen LogP contribution in [0, 0.1) is 6.92 Å². The van der Waals surface area contributed by atoms with Crippen molar-refractivity contribution < 1.29 is 5.11 Å². The van der Waals surface area contributed by atoms with Crippen molar-refractivity contribution in [2.45, 2.75) is 32.9 Å². The summed E-state index contributed by atoms with van der Waals surface area (Å²) in [7, 11) is 0. The molecular weight excluding hydrogens is 256 g/mol. The summed E-state index contributed by atoms with van der Waals surface area (Å²) in [5.41, 5.74) is 1.81. The topological polar surface area (TPSA) is 38.0 Å². The van der Waals surface area contributed by atoms with E-state index < -0.39 is 6.10 Å². The molecule has 0 saturated carbocycles. The van der Waals surface area contributed by atoms with E-state index in [0.29, 0.717) is 6.42 Å². The van der Waals surface area contributed by atoms with Crippen molar-refractivity contribution in [3.63, 3.8) is 0 Å². The molecule has 0 saturated heterocycles. The molecule has 0 aliphatic rings. The highest BCUT2D eigenvalue weighted by atomic mass is 35.5. The quantitative estimate of drug-likeness (QED) is 0.926. The number of aliphatic hydroxyl groups is 1. The van der Waals surface area contributed by atoms with Crippen LogP contribution in [0.1, 0.15) is 29.3 Å². The van der Waals surface area contributed by atoms with Crippen molar-refractivity contribution in [2.24, 2.45) is 0 Å². The van der Waals surface area contributed by atoms with E-state index in [1.807, 2.05) is 36.7 Å². The van der Waals surface area contributed by atoms with E-state index in [1.165, 1.54) is 11.3 Å². The van der Waals surface area contributed by atoms with Gasteiger partial charge in [-0.05, 0) is 32.0 Å². The van der Waals surface area contributed by atoms with Crippen molar-refractivity contribution in [2.75, 3.05) is 0 Å². The molecule has 5 heteroatoms. The summed E-state index contributed by atoms with van der Waals surface area (Å²) in [5.74, 6) is 0. The molecule has 0 radical (unpaired) electrons. The maximum Gasteiger partial charge on any atom is 0.100 e. The lowest BCUT2D eigenvalue weighted by molar-refractivity contribution is 0.168. The molecule has 0 aromatic carbocycles. The van der Waals surface area contributed by atoms with Gasteiger partial charge in [-0.1, -0.05) is 11.6 Å². The average molecular weight is 271 g/mol. The second-order valence-corrected chi connectivity index (χ2v) is 5.75. The molecule has 0 fully saturated rings. The SMILES string of the molecule is CCn1nc(C)cc1C(O)Cc1ccc(Cl)s1. The number of nitrogens with zero attached hydrogens (tertiary/aromatic N) is 2. The Hall–Kier alpha value is -0.840. The highest BCUT2D eigenvalue weighted by Gasteiger charge is 2.15. The zero-order chi connectivity index (χ0) is 12.4. The van der Waals surface area contributed by atoms with E-state index in [-0.39, 0.29) is 0 Å². The number of hydrogen-bond donors (Lipinski definition) is 1. The Kier molecular flexibility index (Phi) is 3.86. The van der Waals surface area contributed by atoms with Gasteiger partial charge >= 0.3 is 0 Å².